The Balaban J connectivity index is 1.37. The number of rotatable bonds is 7. The SMILES string of the molecule is C[S+](CC[C@H](N)C(=O)O)C[C@H]1O[C@@H](N2CN=C3C2=NC=N[C@@]32CN2)[C@H](O)[C@@H]1O. The average molecular weight is 413 g/mol. The first-order valence-corrected chi connectivity index (χ1v) is 11.1. The molecule has 154 valence electrons. The van der Waals surface area contributed by atoms with Gasteiger partial charge in [-0.05, 0) is 10.9 Å². The van der Waals surface area contributed by atoms with Crippen molar-refractivity contribution in [2.45, 2.75) is 42.7 Å². The molecule has 0 saturated carbocycles. The fraction of sp³-hybridized carbons (Fsp3) is 0.750. The van der Waals surface area contributed by atoms with Crippen molar-refractivity contribution in [3.05, 3.63) is 0 Å². The highest BCUT2D eigenvalue weighted by atomic mass is 32.2. The van der Waals surface area contributed by atoms with Crippen LogP contribution in [0, 0.1) is 0 Å². The van der Waals surface area contributed by atoms with Gasteiger partial charge in [0.1, 0.15) is 54.6 Å². The van der Waals surface area contributed by atoms with E-state index in [0.29, 0.717) is 30.3 Å². The Labute approximate surface area is 164 Å². The molecule has 2 fully saturated rings. The van der Waals surface area contributed by atoms with Gasteiger partial charge in [-0.3, -0.25) is 15.1 Å². The number of carbonyl (C=O) groups is 1. The Morgan fingerprint density at radius 1 is 1.54 bits per heavy atom. The molecule has 0 aliphatic carbocycles. The molecule has 7 atom stereocenters. The van der Waals surface area contributed by atoms with Gasteiger partial charge >= 0.3 is 5.97 Å². The summed E-state index contributed by atoms with van der Waals surface area (Å²) >= 11 is 0. The Hall–Kier alpha value is -1.57. The van der Waals surface area contributed by atoms with Crippen LogP contribution >= 0.6 is 0 Å². The van der Waals surface area contributed by atoms with Crippen molar-refractivity contribution in [2.75, 3.05) is 31.0 Å². The third-order valence-corrected chi connectivity index (χ3v) is 7.24. The molecule has 0 bridgehead atoms. The van der Waals surface area contributed by atoms with E-state index in [2.05, 4.69) is 20.3 Å². The van der Waals surface area contributed by atoms with Gasteiger partial charge in [0.2, 0.25) is 0 Å². The highest BCUT2D eigenvalue weighted by Crippen LogP contribution is 2.32. The van der Waals surface area contributed by atoms with E-state index < -0.39 is 42.2 Å². The number of aliphatic hydroxyl groups is 2. The van der Waals surface area contributed by atoms with Gasteiger partial charge < -0.3 is 30.7 Å². The number of carboxylic acids is 1. The first-order valence-electron chi connectivity index (χ1n) is 9.10. The number of hydrogen-bond donors (Lipinski definition) is 5. The minimum Gasteiger partial charge on any atom is -0.480 e. The molecule has 0 amide bonds. The van der Waals surface area contributed by atoms with Crippen molar-refractivity contribution < 1.29 is 24.9 Å². The molecule has 11 nitrogen and oxygen atoms in total. The van der Waals surface area contributed by atoms with Crippen LogP contribution in [0.15, 0.2) is 15.0 Å². The van der Waals surface area contributed by atoms with Crippen LogP contribution in [0.3, 0.4) is 0 Å². The van der Waals surface area contributed by atoms with Gasteiger partial charge in [0.25, 0.3) is 0 Å². The third kappa shape index (κ3) is 3.44. The Kier molecular flexibility index (Phi) is 5.18. The smallest absolute Gasteiger partial charge is 0.320 e. The van der Waals surface area contributed by atoms with Crippen LogP contribution in [0.2, 0.25) is 0 Å². The standard InChI is InChI=1S/C16H24N6O5S/c1-28(3-2-8(17)15(25)26)4-9-10(23)11(24)14(27-9)22-7-19-12-13(22)18-6-21-16(12)5-20-16/h6,8-11,14,20,23-24H,2-5,7,17H2,1H3/p+1/t8-,9+,10+,11+,14+,16-,28?/m0/s1. The average Bonchev–Trinajstić information content (AvgIpc) is 3.20. The normalized spacial score (nSPS) is 38.2. The van der Waals surface area contributed by atoms with Crippen molar-refractivity contribution in [2.24, 2.45) is 20.7 Å². The first-order chi connectivity index (χ1) is 13.3. The Bertz CT molecular complexity index is 741. The number of fused-ring (bicyclic) bond motifs is 2. The predicted octanol–water partition coefficient (Wildman–Crippen LogP) is -3.06. The molecular formula is C16H25N6O5S+. The number of carboxylic acid groups (broad SMARTS) is 1. The second kappa shape index (κ2) is 7.35. The van der Waals surface area contributed by atoms with Gasteiger partial charge in [0, 0.05) is 13.0 Å². The van der Waals surface area contributed by atoms with E-state index in [1.807, 2.05) is 6.26 Å². The molecule has 2 saturated heterocycles. The van der Waals surface area contributed by atoms with E-state index in [1.54, 1.807) is 4.90 Å². The summed E-state index contributed by atoms with van der Waals surface area (Å²) in [5, 5.41) is 33.1. The van der Waals surface area contributed by atoms with Gasteiger partial charge in [0.05, 0.1) is 6.26 Å². The molecule has 1 unspecified atom stereocenters. The van der Waals surface area contributed by atoms with E-state index >= 15 is 0 Å². The highest BCUT2D eigenvalue weighted by Gasteiger charge is 2.56. The minimum atomic E-state index is -1.09. The summed E-state index contributed by atoms with van der Waals surface area (Å²) in [5.41, 5.74) is 5.80. The molecule has 4 rings (SSSR count). The molecule has 0 aromatic heterocycles. The lowest BCUT2D eigenvalue weighted by molar-refractivity contribution is -0.138. The van der Waals surface area contributed by atoms with Crippen LogP contribution in [-0.2, 0) is 20.4 Å². The number of nitrogens with zero attached hydrogens (tertiary/aromatic N) is 4. The van der Waals surface area contributed by atoms with Crippen LogP contribution < -0.4 is 11.1 Å². The van der Waals surface area contributed by atoms with Gasteiger partial charge in [-0.15, -0.1) is 0 Å². The lowest BCUT2D eigenvalue weighted by Gasteiger charge is -2.28. The van der Waals surface area contributed by atoms with Crippen molar-refractivity contribution in [1.82, 2.24) is 10.2 Å². The molecule has 1 spiro atoms. The molecule has 4 aliphatic heterocycles. The molecule has 12 heteroatoms. The van der Waals surface area contributed by atoms with E-state index in [1.165, 1.54) is 6.34 Å². The molecule has 4 heterocycles. The summed E-state index contributed by atoms with van der Waals surface area (Å²) in [6.45, 7) is 0.985. The highest BCUT2D eigenvalue weighted by molar-refractivity contribution is 7.96. The van der Waals surface area contributed by atoms with Crippen LogP contribution in [0.1, 0.15) is 6.42 Å². The van der Waals surface area contributed by atoms with E-state index in [4.69, 9.17) is 15.6 Å². The van der Waals surface area contributed by atoms with E-state index in [-0.39, 0.29) is 17.6 Å². The number of aliphatic carboxylic acids is 1. The molecule has 28 heavy (non-hydrogen) atoms. The number of nitrogens with two attached hydrogens (primary N) is 1. The van der Waals surface area contributed by atoms with Gasteiger partial charge in [-0.2, -0.15) is 0 Å². The summed E-state index contributed by atoms with van der Waals surface area (Å²) < 4.78 is 6.00. The lowest BCUT2D eigenvalue weighted by Crippen LogP contribution is -2.49. The lowest BCUT2D eigenvalue weighted by atomic mass is 10.1. The quantitative estimate of drug-likeness (QED) is 0.216. The van der Waals surface area contributed by atoms with Crippen LogP contribution in [0.25, 0.3) is 0 Å². The number of ether oxygens (including phenoxy) is 1. The zero-order valence-corrected chi connectivity index (χ0v) is 16.2. The number of aliphatic hydroxyl groups excluding tert-OH is 2. The molecule has 0 aromatic rings. The molecular weight excluding hydrogens is 388 g/mol. The number of aliphatic imine (C=N–C) groups is 3. The summed E-state index contributed by atoms with van der Waals surface area (Å²) in [6, 6.07) is -0.891. The second-order valence-corrected chi connectivity index (χ2v) is 9.77. The maximum absolute atomic E-state index is 10.8. The fourth-order valence-corrected chi connectivity index (χ4v) is 5.26. The predicted molar refractivity (Wildman–Crippen MR) is 105 cm³/mol. The maximum Gasteiger partial charge on any atom is 0.320 e. The van der Waals surface area contributed by atoms with Gasteiger partial charge in [-0.1, -0.05) is 0 Å². The number of amidine groups is 1. The molecule has 0 radical (unpaired) electrons. The van der Waals surface area contributed by atoms with E-state index in [0.717, 1.165) is 5.71 Å². The van der Waals surface area contributed by atoms with Crippen LogP contribution in [0.4, 0.5) is 0 Å². The Morgan fingerprint density at radius 3 is 2.96 bits per heavy atom. The van der Waals surface area contributed by atoms with Crippen molar-refractivity contribution in [3.63, 3.8) is 0 Å². The summed E-state index contributed by atoms with van der Waals surface area (Å²) in [7, 11) is -0.208. The van der Waals surface area contributed by atoms with Crippen molar-refractivity contribution in [1.29, 1.82) is 0 Å². The third-order valence-electron chi connectivity index (χ3n) is 5.41. The summed E-state index contributed by atoms with van der Waals surface area (Å²) in [4.78, 5) is 25.7. The van der Waals surface area contributed by atoms with Crippen molar-refractivity contribution in [3.8, 4) is 0 Å². The monoisotopic (exact) mass is 413 g/mol. The van der Waals surface area contributed by atoms with E-state index in [9.17, 15) is 15.0 Å². The largest absolute Gasteiger partial charge is 0.480 e. The minimum absolute atomic E-state index is 0.208. The second-order valence-electron chi connectivity index (χ2n) is 7.46. The summed E-state index contributed by atoms with van der Waals surface area (Å²) in [6.07, 6.45) is 0.386. The van der Waals surface area contributed by atoms with Crippen LogP contribution in [0.5, 0.6) is 0 Å². The van der Waals surface area contributed by atoms with Gasteiger partial charge in [-0.25, -0.2) is 9.98 Å². The topological polar surface area (TPSA) is 175 Å². The van der Waals surface area contributed by atoms with Gasteiger partial charge in [0.15, 0.2) is 17.7 Å². The zero-order valence-electron chi connectivity index (χ0n) is 15.4. The Morgan fingerprint density at radius 2 is 2.29 bits per heavy atom. The van der Waals surface area contributed by atoms with Crippen molar-refractivity contribution >= 4 is 34.8 Å². The number of nitrogens with one attached hydrogen (secondary N) is 1. The summed E-state index contributed by atoms with van der Waals surface area (Å²) in [5.74, 6) is 0.728. The maximum atomic E-state index is 10.8. The molecule has 0 aromatic carbocycles. The zero-order chi connectivity index (χ0) is 20.1. The number of hydrogen-bond acceptors (Lipinski definition) is 10. The first kappa shape index (κ1) is 19.7. The van der Waals surface area contributed by atoms with Crippen LogP contribution in [-0.4, -0.2) is 111 Å². The molecule has 6 N–H and O–H groups in total. The fourth-order valence-electron chi connectivity index (χ4n) is 3.60. The molecule has 4 aliphatic rings.